The minimum Gasteiger partial charge on any atom is -0.402 e. The first-order valence-corrected chi connectivity index (χ1v) is 3.92. The van der Waals surface area contributed by atoms with Gasteiger partial charge in [-0.3, -0.25) is 0 Å². The Bertz CT molecular complexity index is 578. The summed E-state index contributed by atoms with van der Waals surface area (Å²) in [6, 6.07) is 10.6. The Morgan fingerprint density at radius 2 is 1.87 bits per heavy atom. The van der Waals surface area contributed by atoms with Crippen LogP contribution in [0.15, 0.2) is 30.5 Å². The van der Waals surface area contributed by atoms with Crippen molar-refractivity contribution < 1.29 is 37.1 Å². The Kier molecular flexibility index (Phi) is 3.94. The summed E-state index contributed by atoms with van der Waals surface area (Å²) in [6.07, 6.45) is 1.59. The van der Waals surface area contributed by atoms with Crippen LogP contribution in [-0.2, 0) is 37.1 Å². The SMILES string of the molecule is [V].[V].[c-]1cnn2c1nnc1ccccc12. The maximum absolute atomic E-state index is 4.11. The number of para-hydroxylation sites is 1. The molecule has 1 aromatic carbocycles. The van der Waals surface area contributed by atoms with Gasteiger partial charge in [-0.2, -0.15) is 5.10 Å². The molecule has 0 bridgehead atoms. The second kappa shape index (κ2) is 4.81. The number of benzene rings is 1. The molecule has 6 heteroatoms. The van der Waals surface area contributed by atoms with Gasteiger partial charge in [0.05, 0.1) is 5.52 Å². The summed E-state index contributed by atoms with van der Waals surface area (Å²) in [7, 11) is 0. The van der Waals surface area contributed by atoms with Crippen molar-refractivity contribution in [3.63, 3.8) is 0 Å². The van der Waals surface area contributed by atoms with Crippen LogP contribution in [0, 0.1) is 6.07 Å². The van der Waals surface area contributed by atoms with E-state index in [2.05, 4.69) is 21.4 Å². The third-order valence-electron chi connectivity index (χ3n) is 1.93. The van der Waals surface area contributed by atoms with Crippen LogP contribution in [0.5, 0.6) is 0 Å². The minimum absolute atomic E-state index is 0. The third kappa shape index (κ3) is 1.94. The topological polar surface area (TPSA) is 43.1 Å². The second-order valence-corrected chi connectivity index (χ2v) is 2.71. The van der Waals surface area contributed by atoms with Gasteiger partial charge in [0, 0.05) is 42.8 Å². The van der Waals surface area contributed by atoms with Crippen molar-refractivity contribution >= 4 is 16.7 Å². The van der Waals surface area contributed by atoms with Crippen molar-refractivity contribution in [1.82, 2.24) is 19.8 Å². The number of nitrogens with zero attached hydrogens (tertiary/aromatic N) is 4. The Hall–Kier alpha value is -0.801. The van der Waals surface area contributed by atoms with Crippen molar-refractivity contribution in [2.24, 2.45) is 0 Å². The maximum atomic E-state index is 4.11. The fourth-order valence-electron chi connectivity index (χ4n) is 1.34. The van der Waals surface area contributed by atoms with Crippen molar-refractivity contribution in [1.29, 1.82) is 0 Å². The van der Waals surface area contributed by atoms with E-state index in [1.54, 1.807) is 10.7 Å². The summed E-state index contributed by atoms with van der Waals surface area (Å²) in [5.74, 6) is 0. The predicted octanol–water partition coefficient (Wildman–Crippen LogP) is 1.07. The van der Waals surface area contributed by atoms with Gasteiger partial charge in [-0.15, -0.1) is 11.3 Å². The molecule has 0 fully saturated rings. The fraction of sp³-hybridized carbons (Fsp3) is 0. The molecule has 3 rings (SSSR count). The molecule has 2 aromatic heterocycles. The van der Waals surface area contributed by atoms with Crippen LogP contribution in [0.25, 0.3) is 16.7 Å². The smallest absolute Gasteiger partial charge is 0.111 e. The number of fused-ring (bicyclic) bond motifs is 3. The quantitative estimate of drug-likeness (QED) is 0.574. The molecule has 2 heterocycles. The van der Waals surface area contributed by atoms with Crippen LogP contribution in [0.4, 0.5) is 0 Å². The van der Waals surface area contributed by atoms with Gasteiger partial charge >= 0.3 is 0 Å². The molecule has 0 amide bonds. The van der Waals surface area contributed by atoms with Gasteiger partial charge in [-0.25, -0.2) is 9.61 Å². The third-order valence-corrected chi connectivity index (χ3v) is 1.93. The molecule has 72 valence electrons. The first-order chi connectivity index (χ1) is 6.45. The summed E-state index contributed by atoms with van der Waals surface area (Å²) in [4.78, 5) is 0. The van der Waals surface area contributed by atoms with E-state index in [-0.39, 0.29) is 37.1 Å². The zero-order chi connectivity index (χ0) is 8.67. The van der Waals surface area contributed by atoms with Crippen LogP contribution in [0.2, 0.25) is 0 Å². The molecule has 2 radical (unpaired) electrons. The molecule has 0 saturated carbocycles. The van der Waals surface area contributed by atoms with Gasteiger partial charge in [0.2, 0.25) is 0 Å². The average Bonchev–Trinajstić information content (AvgIpc) is 2.65. The normalized spacial score (nSPS) is 9.60. The number of hydrogen-bond acceptors (Lipinski definition) is 3. The molecule has 0 aliphatic rings. The van der Waals surface area contributed by atoms with E-state index >= 15 is 0 Å². The predicted molar refractivity (Wildman–Crippen MR) is 47.1 cm³/mol. The van der Waals surface area contributed by atoms with E-state index in [0.29, 0.717) is 5.65 Å². The molecule has 0 unspecified atom stereocenters. The molecule has 4 nitrogen and oxygen atoms in total. The largest absolute Gasteiger partial charge is 0.402 e. The van der Waals surface area contributed by atoms with Gasteiger partial charge in [0.1, 0.15) is 5.52 Å². The molecule has 0 N–H and O–H groups in total. The van der Waals surface area contributed by atoms with Crippen molar-refractivity contribution in [3.05, 3.63) is 36.5 Å². The van der Waals surface area contributed by atoms with E-state index in [4.69, 9.17) is 0 Å². The van der Waals surface area contributed by atoms with E-state index in [1.807, 2.05) is 24.3 Å². The van der Waals surface area contributed by atoms with Gasteiger partial charge < -0.3 is 6.07 Å². The van der Waals surface area contributed by atoms with Crippen molar-refractivity contribution in [2.45, 2.75) is 0 Å². The molecule has 0 spiro atoms. The zero-order valence-electron chi connectivity index (χ0n) is 7.57. The zero-order valence-corrected chi connectivity index (χ0v) is 10.4. The van der Waals surface area contributed by atoms with E-state index in [9.17, 15) is 0 Å². The standard InChI is InChI=1S/C9H5N4.2V/c1-2-4-8-7(3-1)11-12-9-5-6-10-13(8)9;;/h1-4,6H;;/q-1;;. The number of aromatic nitrogens is 4. The second-order valence-electron chi connectivity index (χ2n) is 2.71. The molecular formula is C9H5N4V2-. The molecular weight excluding hydrogens is 266 g/mol. The Labute approximate surface area is 110 Å². The first kappa shape index (κ1) is 12.3. The summed E-state index contributed by atoms with van der Waals surface area (Å²) in [6.45, 7) is 0. The van der Waals surface area contributed by atoms with Crippen LogP contribution in [0.3, 0.4) is 0 Å². The van der Waals surface area contributed by atoms with Crippen LogP contribution in [0.1, 0.15) is 0 Å². The molecule has 0 atom stereocenters. The summed E-state index contributed by atoms with van der Waals surface area (Å²) in [5.41, 5.74) is 2.44. The summed E-state index contributed by atoms with van der Waals surface area (Å²) >= 11 is 0. The van der Waals surface area contributed by atoms with Gasteiger partial charge in [0.25, 0.3) is 0 Å². The van der Waals surface area contributed by atoms with E-state index in [0.717, 1.165) is 11.0 Å². The number of hydrogen-bond donors (Lipinski definition) is 0. The molecule has 0 aliphatic carbocycles. The van der Waals surface area contributed by atoms with E-state index < -0.39 is 0 Å². The molecule has 0 saturated heterocycles. The van der Waals surface area contributed by atoms with Crippen LogP contribution in [-0.4, -0.2) is 19.8 Å². The first-order valence-electron chi connectivity index (χ1n) is 3.92. The summed E-state index contributed by atoms with van der Waals surface area (Å²) < 4.78 is 1.72. The summed E-state index contributed by atoms with van der Waals surface area (Å²) in [5, 5.41) is 12.1. The van der Waals surface area contributed by atoms with Gasteiger partial charge in [0.15, 0.2) is 0 Å². The Morgan fingerprint density at radius 1 is 1.07 bits per heavy atom. The minimum atomic E-state index is 0. The molecule has 3 aromatic rings. The van der Waals surface area contributed by atoms with Crippen molar-refractivity contribution in [3.8, 4) is 0 Å². The average molecular weight is 271 g/mol. The fourth-order valence-corrected chi connectivity index (χ4v) is 1.34. The monoisotopic (exact) mass is 271 g/mol. The van der Waals surface area contributed by atoms with Crippen molar-refractivity contribution in [2.75, 3.05) is 0 Å². The Morgan fingerprint density at radius 3 is 2.73 bits per heavy atom. The van der Waals surface area contributed by atoms with Gasteiger partial charge in [-0.1, -0.05) is 12.1 Å². The maximum Gasteiger partial charge on any atom is 0.111 e. The van der Waals surface area contributed by atoms with Gasteiger partial charge in [-0.05, 0) is 12.1 Å². The molecule has 15 heavy (non-hydrogen) atoms. The van der Waals surface area contributed by atoms with E-state index in [1.165, 1.54) is 0 Å². The van der Waals surface area contributed by atoms with Crippen LogP contribution < -0.4 is 0 Å². The molecule has 0 aliphatic heterocycles. The van der Waals surface area contributed by atoms with Crippen LogP contribution >= 0.6 is 0 Å². The Balaban J connectivity index is 0.000000562. The number of rotatable bonds is 0.